The van der Waals surface area contributed by atoms with Gasteiger partial charge in [-0.3, -0.25) is 4.79 Å². The number of nitrogens with one attached hydrogen (secondary N) is 1. The Morgan fingerprint density at radius 2 is 2.57 bits per heavy atom. The van der Waals surface area contributed by atoms with Gasteiger partial charge in [0.1, 0.15) is 5.75 Å². The smallest absolute Gasteiger partial charge is 0.232 e. The predicted octanol–water partition coefficient (Wildman–Crippen LogP) is 0.350. The molecule has 7 heavy (non-hydrogen) atoms. The Morgan fingerprint density at radius 1 is 2.00 bits per heavy atom. The lowest BCUT2D eigenvalue weighted by Crippen LogP contribution is -2.19. The first-order chi connectivity index (χ1) is 3.31. The molecule has 0 saturated carbocycles. The van der Waals surface area contributed by atoms with Gasteiger partial charge in [0.2, 0.25) is 5.91 Å². The van der Waals surface area contributed by atoms with Crippen LogP contribution in [-0.4, -0.2) is 18.7 Å². The summed E-state index contributed by atoms with van der Waals surface area (Å²) in [7, 11) is 1.47. The molecule has 0 aromatic carbocycles. The summed E-state index contributed by atoms with van der Waals surface area (Å²) in [6.45, 7) is 0. The molecule has 0 saturated heterocycles. The van der Waals surface area contributed by atoms with Gasteiger partial charge in [-0.1, -0.05) is 0 Å². The van der Waals surface area contributed by atoms with Crippen molar-refractivity contribution in [3.63, 3.8) is 0 Å². The summed E-state index contributed by atoms with van der Waals surface area (Å²) in [5, 5.41) is 2.27. The van der Waals surface area contributed by atoms with Crippen LogP contribution in [0.15, 0.2) is 0 Å². The summed E-state index contributed by atoms with van der Waals surface area (Å²) < 4.78 is 11.1. The molecule has 2 nitrogen and oxygen atoms in total. The third kappa shape index (κ3) is 3.58. The van der Waals surface area contributed by atoms with Gasteiger partial charge in [-0.15, -0.1) is 0 Å². The molecule has 0 aliphatic heterocycles. The first kappa shape index (κ1) is 6.75. The van der Waals surface area contributed by atoms with Gasteiger partial charge in [0, 0.05) is 7.05 Å². The Hall–Kier alpha value is -0.250. The van der Waals surface area contributed by atoms with E-state index in [1.807, 2.05) is 0 Å². The second kappa shape index (κ2) is 3.92. The summed E-state index contributed by atoms with van der Waals surface area (Å²) in [4.78, 5) is 10.0. The Balaban J connectivity index is 3.00. The van der Waals surface area contributed by atoms with Crippen LogP contribution in [0, 0.1) is 0 Å². The summed E-state index contributed by atoms with van der Waals surface area (Å²) in [6.07, 6.45) is 0. The largest absolute Gasteiger partial charge is 0.358 e. The molecule has 0 aromatic heterocycles. The molecular formula is C3H6FNOS. The van der Waals surface area contributed by atoms with E-state index >= 15 is 0 Å². The number of carbonyl (C=O) groups excluding carboxylic acids is 1. The minimum atomic E-state index is -0.285. The summed E-state index contributed by atoms with van der Waals surface area (Å²) in [6, 6.07) is 0. The van der Waals surface area contributed by atoms with E-state index in [9.17, 15) is 8.68 Å². The number of carbonyl (C=O) groups is 1. The summed E-state index contributed by atoms with van der Waals surface area (Å²) in [5.41, 5.74) is 0. The molecule has 0 atom stereocenters. The van der Waals surface area contributed by atoms with Crippen LogP contribution in [0.2, 0.25) is 0 Å². The fraction of sp³-hybridized carbons (Fsp3) is 0.667. The van der Waals surface area contributed by atoms with Gasteiger partial charge in [0.15, 0.2) is 0 Å². The van der Waals surface area contributed by atoms with Gasteiger partial charge in [-0.05, 0) is 0 Å². The fourth-order valence-corrected chi connectivity index (χ4v) is 0.365. The monoisotopic (exact) mass is 123 g/mol. The fourth-order valence-electron chi connectivity index (χ4n) is 0.122. The molecule has 0 aromatic rings. The predicted molar refractivity (Wildman–Crippen MR) is 27.6 cm³/mol. The van der Waals surface area contributed by atoms with Gasteiger partial charge < -0.3 is 5.32 Å². The highest BCUT2D eigenvalue weighted by Gasteiger charge is 1.93. The molecule has 0 aliphatic carbocycles. The van der Waals surface area contributed by atoms with Crippen LogP contribution >= 0.6 is 12.1 Å². The Labute approximate surface area is 45.8 Å². The standard InChI is InChI=1S/C3H6FNOS/c1-5-3(6)2-7-4/h2H2,1H3,(H,5,6). The van der Waals surface area contributed by atoms with E-state index in [2.05, 4.69) is 5.32 Å². The van der Waals surface area contributed by atoms with Gasteiger partial charge in [0.25, 0.3) is 0 Å². The molecule has 0 spiro atoms. The van der Waals surface area contributed by atoms with E-state index in [0.717, 1.165) is 0 Å². The lowest BCUT2D eigenvalue weighted by molar-refractivity contribution is -0.118. The molecule has 0 heterocycles. The molecular weight excluding hydrogens is 117 g/mol. The van der Waals surface area contributed by atoms with Crippen LogP contribution in [0.3, 0.4) is 0 Å². The van der Waals surface area contributed by atoms with Crippen molar-refractivity contribution in [1.29, 1.82) is 0 Å². The zero-order chi connectivity index (χ0) is 5.70. The van der Waals surface area contributed by atoms with E-state index in [4.69, 9.17) is 0 Å². The third-order valence-electron chi connectivity index (χ3n) is 0.464. The molecule has 0 unspecified atom stereocenters. The third-order valence-corrected chi connectivity index (χ3v) is 0.836. The quantitative estimate of drug-likeness (QED) is 0.574. The van der Waals surface area contributed by atoms with Crippen molar-refractivity contribution in [2.24, 2.45) is 0 Å². The average Bonchev–Trinajstić information content (AvgIpc) is 1.68. The molecule has 0 bridgehead atoms. The molecule has 42 valence electrons. The van der Waals surface area contributed by atoms with Crippen LogP contribution in [0.5, 0.6) is 0 Å². The van der Waals surface area contributed by atoms with Gasteiger partial charge in [0.05, 0.1) is 12.1 Å². The maximum absolute atomic E-state index is 11.1. The first-order valence-electron chi connectivity index (χ1n) is 1.75. The molecule has 0 radical (unpaired) electrons. The maximum Gasteiger partial charge on any atom is 0.232 e. The minimum absolute atomic E-state index is 0.0223. The van der Waals surface area contributed by atoms with E-state index in [1.165, 1.54) is 7.05 Å². The Bertz CT molecular complexity index is 68.0. The minimum Gasteiger partial charge on any atom is -0.358 e. The topological polar surface area (TPSA) is 29.1 Å². The molecule has 1 N–H and O–H groups in total. The van der Waals surface area contributed by atoms with Gasteiger partial charge in [-0.2, -0.15) is 3.89 Å². The van der Waals surface area contributed by atoms with Crippen LogP contribution in [-0.2, 0) is 4.79 Å². The average molecular weight is 123 g/mol. The van der Waals surface area contributed by atoms with Crippen LogP contribution in [0.1, 0.15) is 0 Å². The molecule has 0 fully saturated rings. The van der Waals surface area contributed by atoms with Crippen molar-refractivity contribution in [2.45, 2.75) is 0 Å². The molecule has 0 aliphatic rings. The normalized spacial score (nSPS) is 8.29. The van der Waals surface area contributed by atoms with E-state index < -0.39 is 0 Å². The van der Waals surface area contributed by atoms with E-state index in [-0.39, 0.29) is 23.8 Å². The Morgan fingerprint density at radius 3 is 2.71 bits per heavy atom. The van der Waals surface area contributed by atoms with Crippen LogP contribution in [0.4, 0.5) is 3.89 Å². The van der Waals surface area contributed by atoms with Crippen molar-refractivity contribution in [3.05, 3.63) is 0 Å². The van der Waals surface area contributed by atoms with E-state index in [1.54, 1.807) is 0 Å². The van der Waals surface area contributed by atoms with E-state index in [0.29, 0.717) is 0 Å². The maximum atomic E-state index is 11.1. The first-order valence-corrected chi connectivity index (χ1v) is 2.64. The van der Waals surface area contributed by atoms with Crippen molar-refractivity contribution >= 4 is 18.1 Å². The summed E-state index contributed by atoms with van der Waals surface area (Å²) >= 11 is 0.0223. The zero-order valence-corrected chi connectivity index (χ0v) is 4.72. The lowest BCUT2D eigenvalue weighted by Gasteiger charge is -1.88. The molecule has 1 amide bonds. The molecule has 0 rings (SSSR count). The molecule has 4 heteroatoms. The number of rotatable bonds is 2. The van der Waals surface area contributed by atoms with Crippen molar-refractivity contribution in [1.82, 2.24) is 5.32 Å². The van der Waals surface area contributed by atoms with Gasteiger partial charge in [-0.25, -0.2) is 0 Å². The Kier molecular flexibility index (Phi) is 3.78. The summed E-state index contributed by atoms with van der Waals surface area (Å²) in [5.74, 6) is -0.385. The van der Waals surface area contributed by atoms with Crippen molar-refractivity contribution < 1.29 is 8.68 Å². The second-order valence-corrected chi connectivity index (χ2v) is 1.43. The van der Waals surface area contributed by atoms with Gasteiger partial charge >= 0.3 is 0 Å². The lowest BCUT2D eigenvalue weighted by atomic mass is 10.7. The zero-order valence-electron chi connectivity index (χ0n) is 3.90. The number of halogens is 1. The van der Waals surface area contributed by atoms with Crippen molar-refractivity contribution in [2.75, 3.05) is 12.8 Å². The number of amides is 1. The highest BCUT2D eigenvalue weighted by Crippen LogP contribution is 1.96. The highest BCUT2D eigenvalue weighted by atomic mass is 32.2. The second-order valence-electron chi connectivity index (χ2n) is 0.927. The highest BCUT2D eigenvalue weighted by molar-refractivity contribution is 7.94. The number of hydrogen-bond acceptors (Lipinski definition) is 2. The van der Waals surface area contributed by atoms with Crippen LogP contribution < -0.4 is 5.32 Å². The van der Waals surface area contributed by atoms with Crippen LogP contribution in [0.25, 0.3) is 0 Å². The SMILES string of the molecule is CNC(=O)CSF. The number of hydrogen-bond donors (Lipinski definition) is 1. The van der Waals surface area contributed by atoms with Crippen molar-refractivity contribution in [3.8, 4) is 0 Å².